The van der Waals surface area contributed by atoms with Crippen LogP contribution in [0.3, 0.4) is 0 Å². The van der Waals surface area contributed by atoms with Gasteiger partial charge in [0.15, 0.2) is 0 Å². The zero-order chi connectivity index (χ0) is 9.31. The molecule has 0 aromatic heterocycles. The first kappa shape index (κ1) is 9.54. The Labute approximate surface area is 92.4 Å². The molecule has 0 nitrogen and oxygen atoms in total. The second-order valence-corrected chi connectivity index (χ2v) is 4.78. The summed E-state index contributed by atoms with van der Waals surface area (Å²) in [6.07, 6.45) is 3.93. The highest BCUT2D eigenvalue weighted by Crippen LogP contribution is 2.45. The Morgan fingerprint density at radius 2 is 2.15 bits per heavy atom. The Kier molecular flexibility index (Phi) is 2.66. The molecule has 0 saturated heterocycles. The number of hydrogen-bond donors (Lipinski definition) is 0. The van der Waals surface area contributed by atoms with Crippen molar-refractivity contribution in [2.24, 2.45) is 0 Å². The summed E-state index contributed by atoms with van der Waals surface area (Å²) in [6.45, 7) is 0. The number of alkyl halides is 1. The Balaban J connectivity index is 2.33. The molecular formula is C11H12BrCl. The van der Waals surface area contributed by atoms with Crippen molar-refractivity contribution in [3.8, 4) is 0 Å². The first-order chi connectivity index (χ1) is 6.27. The Hall–Kier alpha value is -0.0100. The van der Waals surface area contributed by atoms with E-state index in [0.717, 1.165) is 10.4 Å². The van der Waals surface area contributed by atoms with Gasteiger partial charge in [0.1, 0.15) is 0 Å². The van der Waals surface area contributed by atoms with Gasteiger partial charge >= 0.3 is 0 Å². The quantitative estimate of drug-likeness (QED) is 0.700. The van der Waals surface area contributed by atoms with Crippen LogP contribution in [0.4, 0.5) is 0 Å². The molecule has 1 aliphatic carbocycles. The van der Waals surface area contributed by atoms with Gasteiger partial charge in [-0.2, -0.15) is 0 Å². The van der Waals surface area contributed by atoms with Crippen LogP contribution in [0.25, 0.3) is 0 Å². The lowest BCUT2D eigenvalue weighted by atomic mass is 9.66. The summed E-state index contributed by atoms with van der Waals surface area (Å²) in [4.78, 5) is 0. The SMILES string of the molecule is Clc1cccc(C2(CBr)CCC2)c1. The van der Waals surface area contributed by atoms with Gasteiger partial charge in [-0.3, -0.25) is 0 Å². The second kappa shape index (κ2) is 3.62. The average molecular weight is 260 g/mol. The van der Waals surface area contributed by atoms with Crippen molar-refractivity contribution in [1.82, 2.24) is 0 Å². The maximum atomic E-state index is 5.97. The van der Waals surface area contributed by atoms with Crippen molar-refractivity contribution in [3.05, 3.63) is 34.9 Å². The predicted octanol–water partition coefficient (Wildman–Crippen LogP) is 4.16. The Morgan fingerprint density at radius 1 is 1.38 bits per heavy atom. The van der Waals surface area contributed by atoms with E-state index in [9.17, 15) is 0 Å². The van der Waals surface area contributed by atoms with Crippen LogP contribution in [0.1, 0.15) is 24.8 Å². The Morgan fingerprint density at radius 3 is 2.62 bits per heavy atom. The Bertz CT molecular complexity index is 299. The van der Waals surface area contributed by atoms with E-state index in [0.29, 0.717) is 5.41 Å². The van der Waals surface area contributed by atoms with E-state index in [2.05, 4.69) is 28.1 Å². The molecule has 0 N–H and O–H groups in total. The predicted molar refractivity (Wildman–Crippen MR) is 60.8 cm³/mol. The fourth-order valence-electron chi connectivity index (χ4n) is 1.92. The molecule has 0 atom stereocenters. The van der Waals surface area contributed by atoms with E-state index >= 15 is 0 Å². The van der Waals surface area contributed by atoms with Gasteiger partial charge in [0.25, 0.3) is 0 Å². The lowest BCUT2D eigenvalue weighted by molar-refractivity contribution is 0.281. The van der Waals surface area contributed by atoms with Crippen LogP contribution >= 0.6 is 27.5 Å². The molecule has 13 heavy (non-hydrogen) atoms. The van der Waals surface area contributed by atoms with Crippen LogP contribution in [0.5, 0.6) is 0 Å². The fraction of sp³-hybridized carbons (Fsp3) is 0.455. The van der Waals surface area contributed by atoms with Crippen LogP contribution in [-0.4, -0.2) is 5.33 Å². The molecule has 1 aromatic rings. The minimum absolute atomic E-state index is 0.380. The standard InChI is InChI=1S/C11H12BrCl/c12-8-11(5-2-6-11)9-3-1-4-10(13)7-9/h1,3-4,7H,2,5-6,8H2. The minimum atomic E-state index is 0.380. The van der Waals surface area contributed by atoms with Crippen molar-refractivity contribution < 1.29 is 0 Å². The number of halogens is 2. The van der Waals surface area contributed by atoms with Crippen molar-refractivity contribution >= 4 is 27.5 Å². The summed E-state index contributed by atoms with van der Waals surface area (Å²) in [7, 11) is 0. The van der Waals surface area contributed by atoms with E-state index in [4.69, 9.17) is 11.6 Å². The van der Waals surface area contributed by atoms with Crippen molar-refractivity contribution in [3.63, 3.8) is 0 Å². The van der Waals surface area contributed by atoms with Crippen LogP contribution in [0.2, 0.25) is 5.02 Å². The lowest BCUT2D eigenvalue weighted by Gasteiger charge is -2.41. The first-order valence-corrected chi connectivity index (χ1v) is 6.09. The highest BCUT2D eigenvalue weighted by atomic mass is 79.9. The van der Waals surface area contributed by atoms with Crippen molar-refractivity contribution in [2.75, 3.05) is 5.33 Å². The molecule has 0 radical (unpaired) electrons. The van der Waals surface area contributed by atoms with Crippen LogP contribution in [0.15, 0.2) is 24.3 Å². The van der Waals surface area contributed by atoms with Gasteiger partial charge in [0, 0.05) is 15.8 Å². The maximum absolute atomic E-state index is 5.97. The molecule has 1 saturated carbocycles. The number of hydrogen-bond acceptors (Lipinski definition) is 0. The van der Waals surface area contributed by atoms with Crippen molar-refractivity contribution in [2.45, 2.75) is 24.7 Å². The average Bonchev–Trinajstić information content (AvgIpc) is 2.03. The number of rotatable bonds is 2. The molecule has 0 heterocycles. The summed E-state index contributed by atoms with van der Waals surface area (Å²) >= 11 is 9.58. The minimum Gasteiger partial charge on any atom is -0.0918 e. The van der Waals surface area contributed by atoms with Gasteiger partial charge in [-0.1, -0.05) is 46.1 Å². The van der Waals surface area contributed by atoms with E-state index in [-0.39, 0.29) is 0 Å². The molecule has 0 amide bonds. The first-order valence-electron chi connectivity index (χ1n) is 4.59. The molecule has 0 aliphatic heterocycles. The highest BCUT2D eigenvalue weighted by molar-refractivity contribution is 9.09. The third kappa shape index (κ3) is 1.64. The van der Waals surface area contributed by atoms with Gasteiger partial charge in [0.05, 0.1) is 0 Å². The van der Waals surface area contributed by atoms with E-state index in [1.54, 1.807) is 0 Å². The summed E-state index contributed by atoms with van der Waals surface area (Å²) in [5.41, 5.74) is 1.77. The number of benzene rings is 1. The second-order valence-electron chi connectivity index (χ2n) is 3.78. The van der Waals surface area contributed by atoms with Gasteiger partial charge in [-0.05, 0) is 30.5 Å². The normalized spacial score (nSPS) is 19.5. The van der Waals surface area contributed by atoms with E-state index in [1.165, 1.54) is 24.8 Å². The molecule has 70 valence electrons. The van der Waals surface area contributed by atoms with Gasteiger partial charge in [-0.15, -0.1) is 0 Å². The molecule has 2 heteroatoms. The zero-order valence-electron chi connectivity index (χ0n) is 7.39. The smallest absolute Gasteiger partial charge is 0.0408 e. The van der Waals surface area contributed by atoms with E-state index in [1.807, 2.05) is 12.1 Å². The summed E-state index contributed by atoms with van der Waals surface area (Å²) < 4.78 is 0. The summed E-state index contributed by atoms with van der Waals surface area (Å²) in [6, 6.07) is 8.26. The highest BCUT2D eigenvalue weighted by Gasteiger charge is 2.37. The maximum Gasteiger partial charge on any atom is 0.0408 e. The fourth-order valence-corrected chi connectivity index (χ4v) is 3.00. The summed E-state index contributed by atoms with van der Waals surface area (Å²) in [5, 5.41) is 1.91. The lowest BCUT2D eigenvalue weighted by Crippen LogP contribution is -2.35. The molecule has 2 rings (SSSR count). The third-order valence-electron chi connectivity index (χ3n) is 3.00. The summed E-state index contributed by atoms with van der Waals surface area (Å²) in [5.74, 6) is 0. The van der Waals surface area contributed by atoms with E-state index < -0.39 is 0 Å². The van der Waals surface area contributed by atoms with Gasteiger partial charge < -0.3 is 0 Å². The third-order valence-corrected chi connectivity index (χ3v) is 4.31. The van der Waals surface area contributed by atoms with Crippen molar-refractivity contribution in [1.29, 1.82) is 0 Å². The molecule has 0 unspecified atom stereocenters. The van der Waals surface area contributed by atoms with Gasteiger partial charge in [-0.25, -0.2) is 0 Å². The topological polar surface area (TPSA) is 0 Å². The molecular weight excluding hydrogens is 247 g/mol. The zero-order valence-corrected chi connectivity index (χ0v) is 9.74. The van der Waals surface area contributed by atoms with Crippen LogP contribution in [0, 0.1) is 0 Å². The van der Waals surface area contributed by atoms with Crippen LogP contribution < -0.4 is 0 Å². The molecule has 0 bridgehead atoms. The van der Waals surface area contributed by atoms with Gasteiger partial charge in [0.2, 0.25) is 0 Å². The molecule has 1 fully saturated rings. The monoisotopic (exact) mass is 258 g/mol. The van der Waals surface area contributed by atoms with Crippen LogP contribution in [-0.2, 0) is 5.41 Å². The molecule has 0 spiro atoms. The molecule has 1 aliphatic rings. The molecule has 1 aromatic carbocycles. The largest absolute Gasteiger partial charge is 0.0918 e.